The molecule has 6 nitrogen and oxygen atoms in total. The summed E-state index contributed by atoms with van der Waals surface area (Å²) >= 11 is 0. The lowest BCUT2D eigenvalue weighted by Gasteiger charge is -2.39. The predicted octanol–water partition coefficient (Wildman–Crippen LogP) is 1.67. The molecule has 4 rings (SSSR count). The zero-order valence-electron chi connectivity index (χ0n) is 12.8. The quantitative estimate of drug-likeness (QED) is 0.848. The lowest BCUT2D eigenvalue weighted by Crippen LogP contribution is -2.55. The van der Waals surface area contributed by atoms with E-state index in [1.54, 1.807) is 12.5 Å². The van der Waals surface area contributed by atoms with Crippen molar-refractivity contribution in [1.29, 1.82) is 0 Å². The zero-order valence-corrected chi connectivity index (χ0v) is 12.8. The van der Waals surface area contributed by atoms with Crippen molar-refractivity contribution in [1.82, 2.24) is 19.4 Å². The van der Waals surface area contributed by atoms with Crippen molar-refractivity contribution >= 4 is 11.8 Å². The van der Waals surface area contributed by atoms with Crippen LogP contribution >= 0.6 is 0 Å². The van der Waals surface area contributed by atoms with Crippen molar-refractivity contribution in [2.75, 3.05) is 13.1 Å². The van der Waals surface area contributed by atoms with Crippen molar-refractivity contribution in [3.8, 4) is 5.69 Å². The second-order valence-electron chi connectivity index (χ2n) is 5.98. The maximum absolute atomic E-state index is 12.8. The first-order valence-electron chi connectivity index (χ1n) is 7.93. The Morgan fingerprint density at radius 1 is 1.17 bits per heavy atom. The molecule has 2 saturated heterocycles. The second-order valence-corrected chi connectivity index (χ2v) is 5.98. The molecule has 0 bridgehead atoms. The Labute approximate surface area is 134 Å². The van der Waals surface area contributed by atoms with Gasteiger partial charge < -0.3 is 14.4 Å². The third-order valence-corrected chi connectivity index (χ3v) is 4.65. The van der Waals surface area contributed by atoms with Crippen LogP contribution in [-0.4, -0.2) is 50.4 Å². The molecule has 1 atom stereocenters. The number of rotatable bonds is 2. The van der Waals surface area contributed by atoms with Gasteiger partial charge in [-0.3, -0.25) is 9.59 Å². The molecule has 2 fully saturated rings. The molecule has 1 aromatic heterocycles. The van der Waals surface area contributed by atoms with Crippen molar-refractivity contribution in [3.63, 3.8) is 0 Å². The molecule has 2 aliphatic rings. The van der Waals surface area contributed by atoms with E-state index < -0.39 is 0 Å². The fraction of sp³-hybridized carbons (Fsp3) is 0.353. The van der Waals surface area contributed by atoms with Crippen molar-refractivity contribution in [3.05, 3.63) is 48.5 Å². The molecule has 2 aromatic rings. The number of fused-ring (bicyclic) bond motifs is 1. The molecule has 3 heterocycles. The summed E-state index contributed by atoms with van der Waals surface area (Å²) in [4.78, 5) is 32.5. The van der Waals surface area contributed by atoms with Crippen LogP contribution in [0.15, 0.2) is 43.0 Å². The molecule has 1 aromatic carbocycles. The van der Waals surface area contributed by atoms with Gasteiger partial charge in [0.05, 0.1) is 6.33 Å². The standard InChI is InChI=1S/C17H18N4O2/c22-16-7-10-21(15-2-1-9-20(15)16)17(23)13-3-5-14(6-4-13)19-11-8-18-12-19/h3-6,8,11-12,15H,1-2,7,9-10H2. The summed E-state index contributed by atoms with van der Waals surface area (Å²) in [6, 6.07) is 7.51. The molecule has 118 valence electrons. The molecule has 0 N–H and O–H groups in total. The molecular formula is C17H18N4O2. The minimum absolute atomic E-state index is 0.00609. The van der Waals surface area contributed by atoms with Crippen LogP contribution in [0.3, 0.4) is 0 Å². The maximum atomic E-state index is 12.8. The number of nitrogens with zero attached hydrogens (tertiary/aromatic N) is 4. The average molecular weight is 310 g/mol. The summed E-state index contributed by atoms with van der Waals surface area (Å²) in [5.74, 6) is 0.179. The SMILES string of the molecule is O=C1CCN(C(=O)c2ccc(-n3ccnc3)cc2)C2CCCN12. The number of carbonyl (C=O) groups is 2. The summed E-state index contributed by atoms with van der Waals surface area (Å²) in [7, 11) is 0. The number of benzene rings is 1. The lowest BCUT2D eigenvalue weighted by atomic mass is 10.1. The number of imidazole rings is 1. The molecule has 2 aliphatic heterocycles. The van der Waals surface area contributed by atoms with E-state index in [0.29, 0.717) is 18.5 Å². The normalized spacial score (nSPS) is 20.7. The maximum Gasteiger partial charge on any atom is 0.255 e. The first kappa shape index (κ1) is 14.0. The summed E-state index contributed by atoms with van der Waals surface area (Å²) in [6.45, 7) is 1.29. The van der Waals surface area contributed by atoms with Crippen molar-refractivity contribution in [2.24, 2.45) is 0 Å². The smallest absolute Gasteiger partial charge is 0.255 e. The van der Waals surface area contributed by atoms with Crippen LogP contribution in [0.25, 0.3) is 5.69 Å². The van der Waals surface area contributed by atoms with Gasteiger partial charge in [0.15, 0.2) is 0 Å². The molecular weight excluding hydrogens is 292 g/mol. The average Bonchev–Trinajstić information content (AvgIpc) is 3.27. The van der Waals surface area contributed by atoms with Gasteiger partial charge in [-0.15, -0.1) is 0 Å². The first-order chi connectivity index (χ1) is 11.2. The Hall–Kier alpha value is -2.63. The van der Waals surface area contributed by atoms with Crippen LogP contribution in [0.5, 0.6) is 0 Å². The van der Waals surface area contributed by atoms with Gasteiger partial charge in [0.2, 0.25) is 5.91 Å². The van der Waals surface area contributed by atoms with Gasteiger partial charge in [0.25, 0.3) is 5.91 Å². The zero-order chi connectivity index (χ0) is 15.8. The number of aromatic nitrogens is 2. The van der Waals surface area contributed by atoms with Gasteiger partial charge in [-0.1, -0.05) is 0 Å². The van der Waals surface area contributed by atoms with E-state index in [9.17, 15) is 9.59 Å². The molecule has 1 unspecified atom stereocenters. The van der Waals surface area contributed by atoms with E-state index >= 15 is 0 Å². The van der Waals surface area contributed by atoms with Crippen LogP contribution in [0.4, 0.5) is 0 Å². The largest absolute Gasteiger partial charge is 0.322 e. The molecule has 2 amide bonds. The van der Waals surface area contributed by atoms with E-state index in [-0.39, 0.29) is 18.0 Å². The van der Waals surface area contributed by atoms with Crippen molar-refractivity contribution < 1.29 is 9.59 Å². The highest BCUT2D eigenvalue weighted by Gasteiger charge is 2.39. The van der Waals surface area contributed by atoms with Gasteiger partial charge in [0.1, 0.15) is 6.17 Å². The second kappa shape index (κ2) is 5.53. The van der Waals surface area contributed by atoms with Gasteiger partial charge in [0, 0.05) is 43.2 Å². The van der Waals surface area contributed by atoms with Crippen molar-refractivity contribution in [2.45, 2.75) is 25.4 Å². The molecule has 6 heteroatoms. The molecule has 23 heavy (non-hydrogen) atoms. The minimum atomic E-state index is -0.0583. The highest BCUT2D eigenvalue weighted by molar-refractivity contribution is 5.95. The third kappa shape index (κ3) is 2.40. The molecule has 0 aliphatic carbocycles. The monoisotopic (exact) mass is 310 g/mol. The third-order valence-electron chi connectivity index (χ3n) is 4.65. The molecule has 0 saturated carbocycles. The highest BCUT2D eigenvalue weighted by atomic mass is 16.2. The van der Waals surface area contributed by atoms with E-state index in [4.69, 9.17) is 0 Å². The molecule has 0 spiro atoms. The van der Waals surface area contributed by atoms with Crippen LogP contribution < -0.4 is 0 Å². The Kier molecular flexibility index (Phi) is 3.37. The fourth-order valence-electron chi connectivity index (χ4n) is 3.46. The summed E-state index contributed by atoms with van der Waals surface area (Å²) in [5.41, 5.74) is 1.63. The summed E-state index contributed by atoms with van der Waals surface area (Å²) < 4.78 is 1.90. The first-order valence-corrected chi connectivity index (χ1v) is 7.93. The number of hydrogen-bond donors (Lipinski definition) is 0. The summed E-state index contributed by atoms with van der Waals surface area (Å²) in [6.07, 6.45) is 7.53. The highest BCUT2D eigenvalue weighted by Crippen LogP contribution is 2.27. The topological polar surface area (TPSA) is 58.4 Å². The van der Waals surface area contributed by atoms with Gasteiger partial charge in [-0.05, 0) is 37.1 Å². The Morgan fingerprint density at radius 3 is 2.74 bits per heavy atom. The van der Waals surface area contributed by atoms with E-state index in [1.165, 1.54) is 0 Å². The van der Waals surface area contributed by atoms with Crippen LogP contribution in [0, 0.1) is 0 Å². The minimum Gasteiger partial charge on any atom is -0.322 e. The van der Waals surface area contributed by atoms with E-state index in [0.717, 1.165) is 25.1 Å². The van der Waals surface area contributed by atoms with E-state index in [1.807, 2.05) is 44.8 Å². The van der Waals surface area contributed by atoms with Crippen LogP contribution in [0.1, 0.15) is 29.6 Å². The van der Waals surface area contributed by atoms with Gasteiger partial charge in [-0.2, -0.15) is 0 Å². The number of hydrogen-bond acceptors (Lipinski definition) is 3. The lowest BCUT2D eigenvalue weighted by molar-refractivity contribution is -0.139. The summed E-state index contributed by atoms with van der Waals surface area (Å²) in [5, 5.41) is 0. The number of amides is 2. The Morgan fingerprint density at radius 2 is 2.00 bits per heavy atom. The van der Waals surface area contributed by atoms with Gasteiger partial charge >= 0.3 is 0 Å². The fourth-order valence-corrected chi connectivity index (χ4v) is 3.46. The van der Waals surface area contributed by atoms with Crippen LogP contribution in [-0.2, 0) is 4.79 Å². The van der Waals surface area contributed by atoms with Crippen LogP contribution in [0.2, 0.25) is 0 Å². The van der Waals surface area contributed by atoms with Gasteiger partial charge in [-0.25, -0.2) is 4.98 Å². The molecule has 0 radical (unpaired) electrons. The Bertz CT molecular complexity index is 724. The predicted molar refractivity (Wildman–Crippen MR) is 84.0 cm³/mol. The Balaban J connectivity index is 1.56. The van der Waals surface area contributed by atoms with E-state index in [2.05, 4.69) is 4.98 Å². The number of carbonyl (C=O) groups excluding carboxylic acids is 2.